The molecular formula is C17H20N2O3. The maximum Gasteiger partial charge on any atom is 0.410 e. The third-order valence-corrected chi connectivity index (χ3v) is 4.39. The summed E-state index contributed by atoms with van der Waals surface area (Å²) in [7, 11) is 0. The average Bonchev–Trinajstić information content (AvgIpc) is 3.06. The third-order valence-electron chi connectivity index (χ3n) is 4.39. The second-order valence-electron chi connectivity index (χ2n) is 5.76. The molecule has 0 aliphatic carbocycles. The van der Waals surface area contributed by atoms with Crippen LogP contribution in [0, 0.1) is 5.92 Å². The van der Waals surface area contributed by atoms with Crippen molar-refractivity contribution in [2.75, 3.05) is 6.54 Å². The molecule has 2 aliphatic rings. The molecule has 22 heavy (non-hydrogen) atoms. The summed E-state index contributed by atoms with van der Waals surface area (Å²) >= 11 is 0. The molecular weight excluding hydrogens is 280 g/mol. The number of carbonyl (C=O) groups is 2. The van der Waals surface area contributed by atoms with E-state index in [2.05, 4.69) is 11.9 Å². The zero-order chi connectivity index (χ0) is 15.5. The molecule has 2 amide bonds. The van der Waals surface area contributed by atoms with E-state index in [0.717, 1.165) is 12.0 Å². The molecule has 2 heterocycles. The molecule has 116 valence electrons. The summed E-state index contributed by atoms with van der Waals surface area (Å²) in [6.07, 6.45) is 2.75. The molecule has 2 aliphatic heterocycles. The fourth-order valence-corrected chi connectivity index (χ4v) is 3.36. The summed E-state index contributed by atoms with van der Waals surface area (Å²) in [5, 5.41) is 2.97. The summed E-state index contributed by atoms with van der Waals surface area (Å²) in [6.45, 7) is 4.58. The lowest BCUT2D eigenvalue weighted by atomic mass is 9.96. The van der Waals surface area contributed by atoms with Crippen LogP contribution in [0.1, 0.15) is 18.4 Å². The topological polar surface area (TPSA) is 58.6 Å². The van der Waals surface area contributed by atoms with Crippen molar-refractivity contribution in [3.05, 3.63) is 48.6 Å². The highest BCUT2D eigenvalue weighted by Crippen LogP contribution is 2.32. The largest absolute Gasteiger partial charge is 0.445 e. The maximum atomic E-state index is 12.4. The van der Waals surface area contributed by atoms with Gasteiger partial charge < -0.3 is 15.0 Å². The lowest BCUT2D eigenvalue weighted by Crippen LogP contribution is -2.42. The van der Waals surface area contributed by atoms with Crippen LogP contribution in [0.5, 0.6) is 0 Å². The Bertz CT molecular complexity index is 573. The predicted molar refractivity (Wildman–Crippen MR) is 82.0 cm³/mol. The summed E-state index contributed by atoms with van der Waals surface area (Å²) in [5.41, 5.74) is 0.954. The van der Waals surface area contributed by atoms with Crippen molar-refractivity contribution < 1.29 is 14.3 Å². The number of ether oxygens (including phenoxy) is 1. The number of fused-ring (bicyclic) bond motifs is 1. The Morgan fingerprint density at radius 3 is 2.91 bits per heavy atom. The van der Waals surface area contributed by atoms with Crippen LogP contribution in [0.2, 0.25) is 0 Å². The summed E-state index contributed by atoms with van der Waals surface area (Å²) in [4.78, 5) is 26.0. The molecule has 0 saturated carbocycles. The fraction of sp³-hybridized carbons (Fsp3) is 0.412. The molecule has 0 spiro atoms. The summed E-state index contributed by atoms with van der Waals surface area (Å²) < 4.78 is 5.40. The predicted octanol–water partition coefficient (Wildman–Crippen LogP) is 2.09. The minimum Gasteiger partial charge on any atom is -0.445 e. The second kappa shape index (κ2) is 6.22. The number of hydrogen-bond acceptors (Lipinski definition) is 3. The molecule has 5 nitrogen and oxygen atoms in total. The van der Waals surface area contributed by atoms with Crippen molar-refractivity contribution in [1.82, 2.24) is 10.2 Å². The first-order valence-electron chi connectivity index (χ1n) is 7.59. The normalized spacial score (nSPS) is 26.5. The van der Waals surface area contributed by atoms with Gasteiger partial charge in [0.2, 0.25) is 5.91 Å². The number of nitrogens with one attached hydrogen (secondary N) is 1. The Morgan fingerprint density at radius 1 is 1.41 bits per heavy atom. The molecule has 1 aromatic rings. The number of benzene rings is 1. The van der Waals surface area contributed by atoms with Gasteiger partial charge in [-0.25, -0.2) is 4.79 Å². The van der Waals surface area contributed by atoms with Crippen LogP contribution in [-0.2, 0) is 16.1 Å². The molecule has 3 rings (SSSR count). The van der Waals surface area contributed by atoms with Crippen LogP contribution in [0.3, 0.4) is 0 Å². The highest BCUT2D eigenvalue weighted by atomic mass is 16.6. The molecule has 3 atom stereocenters. The van der Waals surface area contributed by atoms with Gasteiger partial charge in [0, 0.05) is 6.54 Å². The first-order valence-corrected chi connectivity index (χ1v) is 7.59. The first kappa shape index (κ1) is 14.6. The molecule has 2 saturated heterocycles. The fourth-order valence-electron chi connectivity index (χ4n) is 3.36. The van der Waals surface area contributed by atoms with Crippen LogP contribution in [0.4, 0.5) is 4.79 Å². The minimum atomic E-state index is -0.345. The Kier molecular flexibility index (Phi) is 4.13. The van der Waals surface area contributed by atoms with Gasteiger partial charge in [0.25, 0.3) is 0 Å². The van der Waals surface area contributed by atoms with E-state index in [1.165, 1.54) is 0 Å². The van der Waals surface area contributed by atoms with Crippen LogP contribution < -0.4 is 5.32 Å². The smallest absolute Gasteiger partial charge is 0.410 e. The maximum absolute atomic E-state index is 12.4. The van der Waals surface area contributed by atoms with Gasteiger partial charge in [0.1, 0.15) is 6.61 Å². The van der Waals surface area contributed by atoms with Crippen molar-refractivity contribution in [1.29, 1.82) is 0 Å². The number of allylic oxidation sites excluding steroid dienone is 1. The van der Waals surface area contributed by atoms with Gasteiger partial charge in [-0.2, -0.15) is 0 Å². The summed E-state index contributed by atoms with van der Waals surface area (Å²) in [6, 6.07) is 9.51. The van der Waals surface area contributed by atoms with Gasteiger partial charge in [-0.15, -0.1) is 6.58 Å². The van der Waals surface area contributed by atoms with E-state index in [9.17, 15) is 9.59 Å². The number of hydrogen-bond donors (Lipinski definition) is 1. The van der Waals surface area contributed by atoms with E-state index in [0.29, 0.717) is 13.0 Å². The van der Waals surface area contributed by atoms with Crippen molar-refractivity contribution in [3.8, 4) is 0 Å². The third kappa shape index (κ3) is 2.71. The molecule has 1 N–H and O–H groups in total. The van der Waals surface area contributed by atoms with Gasteiger partial charge in [-0.3, -0.25) is 4.79 Å². The van der Waals surface area contributed by atoms with Gasteiger partial charge >= 0.3 is 6.09 Å². The van der Waals surface area contributed by atoms with Crippen LogP contribution in [-0.4, -0.2) is 35.5 Å². The van der Waals surface area contributed by atoms with Crippen molar-refractivity contribution in [2.24, 2.45) is 5.92 Å². The summed E-state index contributed by atoms with van der Waals surface area (Å²) in [5.74, 6) is -0.204. The van der Waals surface area contributed by atoms with E-state index in [4.69, 9.17) is 4.74 Å². The zero-order valence-corrected chi connectivity index (χ0v) is 12.4. The molecule has 0 radical (unpaired) electrons. The minimum absolute atomic E-state index is 0.00968. The molecule has 5 heteroatoms. The second-order valence-corrected chi connectivity index (χ2v) is 5.76. The Labute approximate surface area is 129 Å². The lowest BCUT2D eigenvalue weighted by Gasteiger charge is -2.26. The van der Waals surface area contributed by atoms with Crippen LogP contribution in [0.25, 0.3) is 0 Å². The first-order chi connectivity index (χ1) is 10.7. The molecule has 0 unspecified atom stereocenters. The van der Waals surface area contributed by atoms with E-state index >= 15 is 0 Å². The van der Waals surface area contributed by atoms with E-state index in [1.54, 1.807) is 11.0 Å². The highest BCUT2D eigenvalue weighted by molar-refractivity contribution is 5.84. The van der Waals surface area contributed by atoms with Crippen molar-refractivity contribution >= 4 is 12.0 Å². The SMILES string of the molecule is C=CC[C@@H]1C(=O)N[C@H]2CCN(C(=O)OCc3ccccc3)[C@@H]21. The van der Waals surface area contributed by atoms with Gasteiger partial charge in [0.05, 0.1) is 18.0 Å². The Morgan fingerprint density at radius 2 is 2.18 bits per heavy atom. The number of carbonyl (C=O) groups excluding carboxylic acids is 2. The van der Waals surface area contributed by atoms with E-state index in [1.807, 2.05) is 30.3 Å². The zero-order valence-electron chi connectivity index (χ0n) is 12.4. The number of rotatable bonds is 4. The quantitative estimate of drug-likeness (QED) is 0.866. The van der Waals surface area contributed by atoms with Gasteiger partial charge in [-0.05, 0) is 18.4 Å². The lowest BCUT2D eigenvalue weighted by molar-refractivity contribution is -0.123. The van der Waals surface area contributed by atoms with Crippen LogP contribution >= 0.6 is 0 Å². The number of nitrogens with zero attached hydrogens (tertiary/aromatic N) is 1. The molecule has 0 aromatic heterocycles. The van der Waals surface area contributed by atoms with Crippen molar-refractivity contribution in [3.63, 3.8) is 0 Å². The number of likely N-dealkylation sites (tertiary alicyclic amines) is 1. The van der Waals surface area contributed by atoms with E-state index < -0.39 is 0 Å². The molecule has 2 fully saturated rings. The average molecular weight is 300 g/mol. The van der Waals surface area contributed by atoms with Gasteiger partial charge in [-0.1, -0.05) is 36.4 Å². The van der Waals surface area contributed by atoms with Gasteiger partial charge in [0.15, 0.2) is 0 Å². The Balaban J connectivity index is 1.65. The van der Waals surface area contributed by atoms with Crippen LogP contribution in [0.15, 0.2) is 43.0 Å². The monoisotopic (exact) mass is 300 g/mol. The van der Waals surface area contributed by atoms with E-state index in [-0.39, 0.29) is 36.6 Å². The Hall–Kier alpha value is -2.30. The van der Waals surface area contributed by atoms with Crippen molar-refractivity contribution in [2.45, 2.75) is 31.5 Å². The molecule has 0 bridgehead atoms. The standard InChI is InChI=1S/C17H20N2O3/c1-2-6-13-15-14(18-16(13)20)9-10-19(15)17(21)22-11-12-7-4-3-5-8-12/h2-5,7-8,13-15H,1,6,9-11H2,(H,18,20)/t13-,14-,15+/m0/s1. The number of amides is 2. The highest BCUT2D eigenvalue weighted by Gasteiger charge is 2.50. The molecule has 1 aromatic carbocycles.